The third-order valence-corrected chi connectivity index (χ3v) is 4.49. The summed E-state index contributed by atoms with van der Waals surface area (Å²) in [6, 6.07) is 0. The summed E-state index contributed by atoms with van der Waals surface area (Å²) in [5.74, 6) is -0.494. The third-order valence-electron chi connectivity index (χ3n) is 3.47. The van der Waals surface area contributed by atoms with Crippen LogP contribution in [0.5, 0.6) is 0 Å². The van der Waals surface area contributed by atoms with E-state index in [0.29, 0.717) is 24.4 Å². The molecule has 9 nitrogen and oxygen atoms in total. The number of piperazine rings is 1. The summed E-state index contributed by atoms with van der Waals surface area (Å²) in [4.78, 5) is 29.0. The minimum Gasteiger partial charge on any atom is -0.343 e. The molecule has 1 aliphatic rings. The first-order valence-corrected chi connectivity index (χ1v) is 7.65. The number of amides is 1. The smallest absolute Gasteiger partial charge is 0.343 e. The van der Waals surface area contributed by atoms with Crippen molar-refractivity contribution in [1.29, 1.82) is 0 Å². The van der Waals surface area contributed by atoms with E-state index in [2.05, 4.69) is 20.3 Å². The average Bonchev–Trinajstić information content (AvgIpc) is 3.14. The zero-order valence-electron chi connectivity index (χ0n) is 12.4. The van der Waals surface area contributed by atoms with Crippen LogP contribution in [0, 0.1) is 0 Å². The molecule has 1 fully saturated rings. The van der Waals surface area contributed by atoms with Gasteiger partial charge in [0.2, 0.25) is 16.0 Å². The number of hydrogen-bond acceptors (Lipinski definition) is 7. The minimum absolute atomic E-state index is 0.0637. The lowest BCUT2D eigenvalue weighted by Gasteiger charge is -2.33. The van der Waals surface area contributed by atoms with Crippen molar-refractivity contribution in [1.82, 2.24) is 29.9 Å². The van der Waals surface area contributed by atoms with Crippen LogP contribution < -0.4 is 10.6 Å². The fourth-order valence-corrected chi connectivity index (χ4v) is 2.97. The Balaban J connectivity index is 1.64. The fourth-order valence-electron chi connectivity index (χ4n) is 2.21. The van der Waals surface area contributed by atoms with E-state index >= 15 is 0 Å². The lowest BCUT2D eigenvalue weighted by Crippen LogP contribution is -2.49. The number of nitrogens with zero attached hydrogens (tertiary/aromatic N) is 6. The molecule has 1 amide bonds. The topological polar surface area (TPSA) is 100 Å². The molecule has 0 saturated carbocycles. The van der Waals surface area contributed by atoms with Gasteiger partial charge in [-0.2, -0.15) is 13.2 Å². The summed E-state index contributed by atoms with van der Waals surface area (Å²) >= 11 is 0.470. The first-order valence-electron chi connectivity index (χ1n) is 6.84. The van der Waals surface area contributed by atoms with Crippen molar-refractivity contribution in [3.8, 4) is 0 Å². The number of aromatic amines is 1. The molecule has 2 aromatic heterocycles. The second kappa shape index (κ2) is 5.89. The van der Waals surface area contributed by atoms with Crippen molar-refractivity contribution >= 4 is 22.4 Å². The number of halogens is 3. The standard InChI is InChI=1S/C11H12F3N7O2S/c1-19-9(23)15-6(18-19)7(22)20-2-4-21(5-3-20)10-17-16-8(24-10)11(12,13)14/h2-5H2,1H3,(H,15,18,23). The van der Waals surface area contributed by atoms with Crippen molar-refractivity contribution in [2.75, 3.05) is 31.1 Å². The van der Waals surface area contributed by atoms with Crippen molar-refractivity contribution in [2.24, 2.45) is 7.05 Å². The first kappa shape index (κ1) is 16.4. The van der Waals surface area contributed by atoms with Crippen LogP contribution in [0.25, 0.3) is 0 Å². The Labute approximate surface area is 136 Å². The molecule has 0 atom stereocenters. The molecule has 13 heteroatoms. The summed E-state index contributed by atoms with van der Waals surface area (Å²) in [5.41, 5.74) is -0.495. The number of H-pyrrole nitrogens is 1. The maximum absolute atomic E-state index is 12.6. The van der Waals surface area contributed by atoms with Gasteiger partial charge in [0.15, 0.2) is 0 Å². The molecule has 0 aliphatic carbocycles. The number of nitrogens with one attached hydrogen (secondary N) is 1. The number of aryl methyl sites for hydroxylation is 1. The zero-order valence-corrected chi connectivity index (χ0v) is 13.2. The highest BCUT2D eigenvalue weighted by molar-refractivity contribution is 7.15. The Bertz CT molecular complexity index is 803. The van der Waals surface area contributed by atoms with Crippen LogP contribution in [0.15, 0.2) is 4.79 Å². The third kappa shape index (κ3) is 3.11. The van der Waals surface area contributed by atoms with Gasteiger partial charge in [0, 0.05) is 33.2 Å². The van der Waals surface area contributed by atoms with E-state index in [1.807, 2.05) is 0 Å². The Hall–Kier alpha value is -2.44. The molecule has 0 unspecified atom stereocenters. The predicted molar refractivity (Wildman–Crippen MR) is 76.9 cm³/mol. The molecule has 0 radical (unpaired) electrons. The number of hydrogen-bond donors (Lipinski definition) is 1. The molecule has 3 heterocycles. The van der Waals surface area contributed by atoms with Crippen LogP contribution >= 0.6 is 11.3 Å². The van der Waals surface area contributed by atoms with Crippen molar-refractivity contribution < 1.29 is 18.0 Å². The van der Waals surface area contributed by atoms with Gasteiger partial charge in [-0.05, 0) is 0 Å². The van der Waals surface area contributed by atoms with E-state index in [-0.39, 0.29) is 24.0 Å². The summed E-state index contributed by atoms with van der Waals surface area (Å²) in [6.07, 6.45) is -4.52. The highest BCUT2D eigenvalue weighted by atomic mass is 32.1. The van der Waals surface area contributed by atoms with Crippen LogP contribution in [0.2, 0.25) is 0 Å². The number of aromatic nitrogens is 5. The summed E-state index contributed by atoms with van der Waals surface area (Å²) in [6.45, 7) is 1.18. The van der Waals surface area contributed by atoms with E-state index in [9.17, 15) is 22.8 Å². The van der Waals surface area contributed by atoms with E-state index in [1.165, 1.54) is 11.9 Å². The lowest BCUT2D eigenvalue weighted by molar-refractivity contribution is -0.138. The van der Waals surface area contributed by atoms with E-state index in [1.54, 1.807) is 4.90 Å². The van der Waals surface area contributed by atoms with Gasteiger partial charge in [0.25, 0.3) is 5.91 Å². The van der Waals surface area contributed by atoms with Gasteiger partial charge in [0.05, 0.1) is 0 Å². The van der Waals surface area contributed by atoms with Crippen molar-refractivity contribution in [3.05, 3.63) is 21.3 Å². The maximum Gasteiger partial charge on any atom is 0.445 e. The normalized spacial score (nSPS) is 15.8. The monoisotopic (exact) mass is 363 g/mol. The van der Waals surface area contributed by atoms with Gasteiger partial charge in [-0.15, -0.1) is 15.3 Å². The van der Waals surface area contributed by atoms with E-state index in [4.69, 9.17) is 0 Å². The van der Waals surface area contributed by atoms with Gasteiger partial charge in [0.1, 0.15) is 0 Å². The molecule has 130 valence electrons. The van der Waals surface area contributed by atoms with Gasteiger partial charge in [-0.25, -0.2) is 9.48 Å². The molecule has 1 aliphatic heterocycles. The quantitative estimate of drug-likeness (QED) is 0.803. The average molecular weight is 363 g/mol. The lowest BCUT2D eigenvalue weighted by atomic mass is 10.3. The Morgan fingerprint density at radius 2 is 1.88 bits per heavy atom. The van der Waals surface area contributed by atoms with Crippen molar-refractivity contribution in [3.63, 3.8) is 0 Å². The first-order chi connectivity index (χ1) is 11.3. The summed E-state index contributed by atoms with van der Waals surface area (Å²) in [7, 11) is 1.42. The molecular formula is C11H12F3N7O2S. The molecule has 1 saturated heterocycles. The van der Waals surface area contributed by atoms with Crippen molar-refractivity contribution in [2.45, 2.75) is 6.18 Å². The Morgan fingerprint density at radius 1 is 1.21 bits per heavy atom. The molecule has 3 rings (SSSR count). The number of anilines is 1. The van der Waals surface area contributed by atoms with Crippen LogP contribution in [0.3, 0.4) is 0 Å². The molecule has 24 heavy (non-hydrogen) atoms. The second-order valence-electron chi connectivity index (χ2n) is 5.07. The molecule has 0 spiro atoms. The highest BCUT2D eigenvalue weighted by Gasteiger charge is 2.36. The second-order valence-corrected chi connectivity index (χ2v) is 6.03. The number of carbonyl (C=O) groups is 1. The largest absolute Gasteiger partial charge is 0.445 e. The molecule has 0 bridgehead atoms. The predicted octanol–water partition coefficient (Wildman–Crippen LogP) is -0.0589. The van der Waals surface area contributed by atoms with Gasteiger partial charge < -0.3 is 9.80 Å². The van der Waals surface area contributed by atoms with Gasteiger partial charge in [-0.3, -0.25) is 9.78 Å². The maximum atomic E-state index is 12.6. The SMILES string of the molecule is Cn1nc(C(=O)N2CCN(c3nnc(C(F)(F)F)s3)CC2)[nH]c1=O. The Kier molecular flexibility index (Phi) is 4.03. The van der Waals surface area contributed by atoms with Crippen LogP contribution in [-0.4, -0.2) is 61.9 Å². The number of carbonyl (C=O) groups excluding carboxylic acids is 1. The highest BCUT2D eigenvalue weighted by Crippen LogP contribution is 2.34. The number of alkyl halides is 3. The van der Waals surface area contributed by atoms with Crippen LogP contribution in [-0.2, 0) is 13.2 Å². The van der Waals surface area contributed by atoms with Crippen LogP contribution in [0.1, 0.15) is 15.6 Å². The minimum atomic E-state index is -4.52. The van der Waals surface area contributed by atoms with Gasteiger partial charge >= 0.3 is 11.9 Å². The summed E-state index contributed by atoms with van der Waals surface area (Å²) < 4.78 is 38.7. The molecular weight excluding hydrogens is 351 g/mol. The van der Waals surface area contributed by atoms with Gasteiger partial charge in [-0.1, -0.05) is 11.3 Å². The molecule has 1 N–H and O–H groups in total. The number of rotatable bonds is 2. The van der Waals surface area contributed by atoms with E-state index < -0.39 is 22.8 Å². The summed E-state index contributed by atoms with van der Waals surface area (Å²) in [5, 5.41) is 9.66. The Morgan fingerprint density at radius 3 is 2.38 bits per heavy atom. The zero-order chi connectivity index (χ0) is 17.5. The fraction of sp³-hybridized carbons (Fsp3) is 0.545. The molecule has 2 aromatic rings. The molecule has 0 aromatic carbocycles. The van der Waals surface area contributed by atoms with E-state index in [0.717, 1.165) is 4.68 Å². The van der Waals surface area contributed by atoms with Crippen LogP contribution in [0.4, 0.5) is 18.3 Å².